The van der Waals surface area contributed by atoms with Crippen LogP contribution >= 0.6 is 11.8 Å². The van der Waals surface area contributed by atoms with Crippen molar-refractivity contribution in [3.05, 3.63) is 35.4 Å². The van der Waals surface area contributed by atoms with Crippen molar-refractivity contribution in [2.75, 3.05) is 31.1 Å². The Morgan fingerprint density at radius 3 is 2.78 bits per heavy atom. The minimum atomic E-state index is -1.13. The maximum atomic E-state index is 12.2. The van der Waals surface area contributed by atoms with Crippen molar-refractivity contribution in [2.24, 2.45) is 0 Å². The summed E-state index contributed by atoms with van der Waals surface area (Å²) >= 11 is 1.81. The monoisotopic (exact) mass is 334 g/mol. The Bertz CT molecular complexity index is 544. The number of rotatable bonds is 5. The third-order valence-corrected chi connectivity index (χ3v) is 5.87. The average molecular weight is 334 g/mol. The Morgan fingerprint density at radius 1 is 1.26 bits per heavy atom. The van der Waals surface area contributed by atoms with Crippen LogP contribution in [0, 0.1) is 0 Å². The molecule has 2 aliphatic rings. The van der Waals surface area contributed by atoms with Gasteiger partial charge in [-0.15, -0.1) is 0 Å². The molecule has 1 amide bonds. The molecule has 1 aromatic rings. The van der Waals surface area contributed by atoms with Crippen LogP contribution in [0.5, 0.6) is 0 Å². The molecule has 2 N–H and O–H groups in total. The van der Waals surface area contributed by atoms with Gasteiger partial charge in [0, 0.05) is 26.2 Å². The number of thioether (sulfide) groups is 1. The minimum absolute atomic E-state index is 0.179. The second-order valence-corrected chi connectivity index (χ2v) is 7.77. The number of hydrogen-bond acceptors (Lipinski definition) is 4. The maximum Gasteiger partial charge on any atom is 0.252 e. The second-order valence-electron chi connectivity index (χ2n) is 6.55. The first-order valence-electron chi connectivity index (χ1n) is 8.55. The van der Waals surface area contributed by atoms with Crippen LogP contribution in [-0.2, 0) is 17.8 Å². The molecule has 0 unspecified atom stereocenters. The van der Waals surface area contributed by atoms with Crippen LogP contribution < -0.4 is 5.32 Å². The van der Waals surface area contributed by atoms with Crippen LogP contribution in [0.25, 0.3) is 0 Å². The summed E-state index contributed by atoms with van der Waals surface area (Å²) in [6.07, 6.45) is 3.19. The van der Waals surface area contributed by atoms with E-state index < -0.39 is 5.60 Å². The third kappa shape index (κ3) is 4.28. The zero-order chi connectivity index (χ0) is 16.1. The molecule has 0 spiro atoms. The van der Waals surface area contributed by atoms with Gasteiger partial charge >= 0.3 is 0 Å². The van der Waals surface area contributed by atoms with E-state index in [1.807, 2.05) is 11.8 Å². The van der Waals surface area contributed by atoms with Gasteiger partial charge in [-0.3, -0.25) is 9.69 Å². The second kappa shape index (κ2) is 7.69. The fourth-order valence-corrected chi connectivity index (χ4v) is 4.52. The van der Waals surface area contributed by atoms with Gasteiger partial charge < -0.3 is 10.4 Å². The van der Waals surface area contributed by atoms with Crippen molar-refractivity contribution in [3.8, 4) is 0 Å². The van der Waals surface area contributed by atoms with E-state index in [4.69, 9.17) is 0 Å². The van der Waals surface area contributed by atoms with Crippen LogP contribution in [0.3, 0.4) is 0 Å². The number of amides is 1. The lowest BCUT2D eigenvalue weighted by molar-refractivity contribution is -0.140. The molecule has 23 heavy (non-hydrogen) atoms. The van der Waals surface area contributed by atoms with Gasteiger partial charge in [-0.25, -0.2) is 0 Å². The molecule has 2 aliphatic heterocycles. The van der Waals surface area contributed by atoms with E-state index in [9.17, 15) is 9.90 Å². The fraction of sp³-hybridized carbons (Fsp3) is 0.611. The predicted octanol–water partition coefficient (Wildman–Crippen LogP) is 1.81. The molecule has 4 nitrogen and oxygen atoms in total. The SMILES string of the molecule is O=C(NCCCN1CCc2ccccc2C1)C1(O)CCSCC1. The van der Waals surface area contributed by atoms with Crippen molar-refractivity contribution < 1.29 is 9.90 Å². The Labute approximate surface area is 142 Å². The number of nitrogens with one attached hydrogen (secondary N) is 1. The summed E-state index contributed by atoms with van der Waals surface area (Å²) in [5.74, 6) is 1.57. The summed E-state index contributed by atoms with van der Waals surface area (Å²) in [6.45, 7) is 3.73. The van der Waals surface area contributed by atoms with E-state index in [1.54, 1.807) is 0 Å². The molecule has 5 heteroatoms. The van der Waals surface area contributed by atoms with E-state index in [0.717, 1.165) is 44.0 Å². The smallest absolute Gasteiger partial charge is 0.252 e. The van der Waals surface area contributed by atoms with E-state index in [0.29, 0.717) is 19.4 Å². The average Bonchev–Trinajstić information content (AvgIpc) is 2.59. The lowest BCUT2D eigenvalue weighted by atomic mass is 9.96. The lowest BCUT2D eigenvalue weighted by Gasteiger charge is -2.31. The summed E-state index contributed by atoms with van der Waals surface area (Å²) < 4.78 is 0. The summed E-state index contributed by atoms with van der Waals surface area (Å²) in [4.78, 5) is 14.6. The van der Waals surface area contributed by atoms with E-state index in [2.05, 4.69) is 34.5 Å². The summed E-state index contributed by atoms with van der Waals surface area (Å²) in [5, 5.41) is 13.3. The molecule has 3 rings (SSSR count). The largest absolute Gasteiger partial charge is 0.380 e. The summed E-state index contributed by atoms with van der Waals surface area (Å²) in [6, 6.07) is 8.64. The maximum absolute atomic E-state index is 12.2. The Hall–Kier alpha value is -1.04. The topological polar surface area (TPSA) is 52.6 Å². The summed E-state index contributed by atoms with van der Waals surface area (Å²) in [5.41, 5.74) is 1.77. The minimum Gasteiger partial charge on any atom is -0.380 e. The Balaban J connectivity index is 1.38. The Morgan fingerprint density at radius 2 is 2.00 bits per heavy atom. The Kier molecular flexibility index (Phi) is 5.62. The molecule has 0 aliphatic carbocycles. The zero-order valence-electron chi connectivity index (χ0n) is 13.6. The highest BCUT2D eigenvalue weighted by molar-refractivity contribution is 7.99. The zero-order valence-corrected chi connectivity index (χ0v) is 14.4. The van der Waals surface area contributed by atoms with Crippen molar-refractivity contribution in [3.63, 3.8) is 0 Å². The first kappa shape index (κ1) is 16.8. The number of fused-ring (bicyclic) bond motifs is 1. The molecule has 0 aromatic heterocycles. The van der Waals surface area contributed by atoms with Gasteiger partial charge in [-0.05, 0) is 48.3 Å². The van der Waals surface area contributed by atoms with E-state index in [1.165, 1.54) is 11.1 Å². The quantitative estimate of drug-likeness (QED) is 0.807. The van der Waals surface area contributed by atoms with E-state index >= 15 is 0 Å². The van der Waals surface area contributed by atoms with Crippen LogP contribution in [0.2, 0.25) is 0 Å². The predicted molar refractivity (Wildman–Crippen MR) is 94.6 cm³/mol. The van der Waals surface area contributed by atoms with Gasteiger partial charge in [-0.2, -0.15) is 11.8 Å². The highest BCUT2D eigenvalue weighted by atomic mass is 32.2. The molecule has 0 radical (unpaired) electrons. The molecular weight excluding hydrogens is 308 g/mol. The first-order chi connectivity index (χ1) is 11.2. The van der Waals surface area contributed by atoms with Gasteiger partial charge in [0.1, 0.15) is 5.60 Å². The van der Waals surface area contributed by atoms with Gasteiger partial charge in [0.05, 0.1) is 0 Å². The van der Waals surface area contributed by atoms with E-state index in [-0.39, 0.29) is 5.91 Å². The molecule has 1 saturated heterocycles. The lowest BCUT2D eigenvalue weighted by Crippen LogP contribution is -2.49. The molecule has 2 heterocycles. The van der Waals surface area contributed by atoms with Crippen LogP contribution in [0.1, 0.15) is 30.4 Å². The van der Waals surface area contributed by atoms with Crippen molar-refractivity contribution in [1.82, 2.24) is 10.2 Å². The number of carbonyl (C=O) groups excluding carboxylic acids is 1. The molecule has 126 valence electrons. The standard InChI is InChI=1S/C18H26N2O2S/c21-17(18(22)7-12-23-13-8-18)19-9-3-10-20-11-6-15-4-1-2-5-16(15)14-20/h1-2,4-5,22H,3,6-14H2,(H,19,21). The fourth-order valence-electron chi connectivity index (χ4n) is 3.35. The molecular formula is C18H26N2O2S. The number of hydrogen-bond donors (Lipinski definition) is 2. The third-order valence-electron chi connectivity index (χ3n) is 4.89. The highest BCUT2D eigenvalue weighted by Crippen LogP contribution is 2.27. The van der Waals surface area contributed by atoms with Crippen molar-refractivity contribution in [1.29, 1.82) is 0 Å². The molecule has 1 fully saturated rings. The number of aliphatic hydroxyl groups is 1. The van der Waals surface area contributed by atoms with Gasteiger partial charge in [0.2, 0.25) is 0 Å². The van der Waals surface area contributed by atoms with Crippen LogP contribution in [0.15, 0.2) is 24.3 Å². The normalized spacial score (nSPS) is 20.7. The molecule has 0 bridgehead atoms. The van der Waals surface area contributed by atoms with Crippen molar-refractivity contribution in [2.45, 2.75) is 37.8 Å². The number of benzene rings is 1. The van der Waals surface area contributed by atoms with Gasteiger partial charge in [-0.1, -0.05) is 24.3 Å². The molecule has 0 atom stereocenters. The van der Waals surface area contributed by atoms with Crippen molar-refractivity contribution >= 4 is 17.7 Å². The summed E-state index contributed by atoms with van der Waals surface area (Å²) in [7, 11) is 0. The van der Waals surface area contributed by atoms with Gasteiger partial charge in [0.25, 0.3) is 5.91 Å². The number of carbonyl (C=O) groups is 1. The van der Waals surface area contributed by atoms with Crippen LogP contribution in [-0.4, -0.2) is 52.7 Å². The van der Waals surface area contributed by atoms with Crippen LogP contribution in [0.4, 0.5) is 0 Å². The number of nitrogens with zero attached hydrogens (tertiary/aromatic N) is 1. The molecule has 1 aromatic carbocycles. The first-order valence-corrected chi connectivity index (χ1v) is 9.70. The highest BCUT2D eigenvalue weighted by Gasteiger charge is 2.36. The van der Waals surface area contributed by atoms with Gasteiger partial charge in [0.15, 0.2) is 0 Å². The molecule has 0 saturated carbocycles.